The molecule has 2 fully saturated rings. The van der Waals surface area contributed by atoms with Gasteiger partial charge in [0.2, 0.25) is 0 Å². The van der Waals surface area contributed by atoms with E-state index in [4.69, 9.17) is 9.47 Å². The van der Waals surface area contributed by atoms with Gasteiger partial charge in [-0.15, -0.1) is 0 Å². The predicted octanol–water partition coefficient (Wildman–Crippen LogP) is 8.44. The summed E-state index contributed by atoms with van der Waals surface area (Å²) >= 11 is 0. The summed E-state index contributed by atoms with van der Waals surface area (Å²) in [5.41, 5.74) is 0. The van der Waals surface area contributed by atoms with E-state index >= 15 is 0 Å². The van der Waals surface area contributed by atoms with Crippen LogP contribution in [-0.4, -0.2) is 13.2 Å². The summed E-state index contributed by atoms with van der Waals surface area (Å²) < 4.78 is 12.0. The zero-order chi connectivity index (χ0) is 21.0. The Kier molecular flexibility index (Phi) is 10.4. The van der Waals surface area contributed by atoms with Crippen LogP contribution in [0, 0.1) is 23.7 Å². The molecule has 30 heavy (non-hydrogen) atoms. The molecular formula is C28H46O2. The van der Waals surface area contributed by atoms with Crippen LogP contribution >= 0.6 is 0 Å². The molecule has 0 N–H and O–H groups in total. The molecule has 170 valence electrons. The van der Waals surface area contributed by atoms with Gasteiger partial charge in [0.15, 0.2) is 0 Å². The van der Waals surface area contributed by atoms with Crippen LogP contribution in [-0.2, 0) is 0 Å². The molecule has 0 amide bonds. The van der Waals surface area contributed by atoms with E-state index in [0.29, 0.717) is 0 Å². The van der Waals surface area contributed by atoms with Crippen molar-refractivity contribution < 1.29 is 9.47 Å². The van der Waals surface area contributed by atoms with Crippen LogP contribution in [0.1, 0.15) is 104 Å². The minimum absolute atomic E-state index is 0.840. The molecule has 0 heterocycles. The van der Waals surface area contributed by atoms with Gasteiger partial charge < -0.3 is 9.47 Å². The molecule has 1 aromatic rings. The van der Waals surface area contributed by atoms with Gasteiger partial charge in [0, 0.05) is 0 Å². The van der Waals surface area contributed by atoms with Gasteiger partial charge in [0.25, 0.3) is 0 Å². The van der Waals surface area contributed by atoms with Crippen LogP contribution < -0.4 is 9.47 Å². The SMILES string of the molecule is CCC1CCCCC1CCCOc1ccc(OCCCC2CCCCC2CC)cc1. The molecule has 0 spiro atoms. The lowest BCUT2D eigenvalue weighted by molar-refractivity contribution is 0.198. The lowest BCUT2D eigenvalue weighted by Gasteiger charge is -2.30. The molecule has 4 atom stereocenters. The normalized spacial score (nSPS) is 27.0. The van der Waals surface area contributed by atoms with E-state index in [1.165, 1.54) is 89.9 Å². The maximum Gasteiger partial charge on any atom is 0.119 e. The van der Waals surface area contributed by atoms with Crippen molar-refractivity contribution in [1.82, 2.24) is 0 Å². The third kappa shape index (κ3) is 7.50. The van der Waals surface area contributed by atoms with Crippen molar-refractivity contribution in [2.45, 2.75) is 104 Å². The Morgan fingerprint density at radius 3 is 1.33 bits per heavy atom. The average Bonchev–Trinajstić information content (AvgIpc) is 2.81. The van der Waals surface area contributed by atoms with Crippen molar-refractivity contribution >= 4 is 0 Å². The van der Waals surface area contributed by atoms with E-state index < -0.39 is 0 Å². The molecular weight excluding hydrogens is 368 g/mol. The van der Waals surface area contributed by atoms with E-state index in [0.717, 1.165) is 48.4 Å². The first-order valence-corrected chi connectivity index (χ1v) is 13.2. The van der Waals surface area contributed by atoms with Crippen LogP contribution in [0.3, 0.4) is 0 Å². The van der Waals surface area contributed by atoms with E-state index in [-0.39, 0.29) is 0 Å². The molecule has 2 saturated carbocycles. The summed E-state index contributed by atoms with van der Waals surface area (Å²) in [7, 11) is 0. The quantitative estimate of drug-likeness (QED) is 0.319. The van der Waals surface area contributed by atoms with Crippen LogP contribution in [0.5, 0.6) is 11.5 Å². The first-order chi connectivity index (χ1) is 14.8. The molecule has 1 aromatic carbocycles. The number of benzene rings is 1. The lowest BCUT2D eigenvalue weighted by Crippen LogP contribution is -2.19. The van der Waals surface area contributed by atoms with E-state index in [9.17, 15) is 0 Å². The summed E-state index contributed by atoms with van der Waals surface area (Å²) in [6.07, 6.45) is 19.3. The second kappa shape index (κ2) is 13.3. The highest BCUT2D eigenvalue weighted by molar-refractivity contribution is 5.31. The van der Waals surface area contributed by atoms with Gasteiger partial charge in [-0.3, -0.25) is 0 Å². The van der Waals surface area contributed by atoms with Crippen LogP contribution in [0.25, 0.3) is 0 Å². The smallest absolute Gasteiger partial charge is 0.119 e. The number of rotatable bonds is 12. The van der Waals surface area contributed by atoms with Crippen molar-refractivity contribution in [3.8, 4) is 11.5 Å². The Bertz CT molecular complexity index is 516. The first kappa shape index (κ1) is 23.5. The van der Waals surface area contributed by atoms with Gasteiger partial charge >= 0.3 is 0 Å². The molecule has 0 saturated heterocycles. The molecule has 2 aliphatic carbocycles. The van der Waals surface area contributed by atoms with Gasteiger partial charge in [-0.25, -0.2) is 0 Å². The first-order valence-electron chi connectivity index (χ1n) is 13.2. The Morgan fingerprint density at radius 1 is 0.600 bits per heavy atom. The van der Waals surface area contributed by atoms with E-state index in [1.54, 1.807) is 0 Å². The fourth-order valence-corrected chi connectivity index (χ4v) is 6.11. The molecule has 0 bridgehead atoms. The molecule has 0 radical (unpaired) electrons. The molecule has 2 nitrogen and oxygen atoms in total. The monoisotopic (exact) mass is 414 g/mol. The zero-order valence-electron chi connectivity index (χ0n) is 19.7. The van der Waals surface area contributed by atoms with Crippen LogP contribution in [0.15, 0.2) is 24.3 Å². The van der Waals surface area contributed by atoms with E-state index in [2.05, 4.69) is 38.1 Å². The van der Waals surface area contributed by atoms with Crippen LogP contribution in [0.4, 0.5) is 0 Å². The van der Waals surface area contributed by atoms with Crippen molar-refractivity contribution in [1.29, 1.82) is 0 Å². The summed E-state index contributed by atoms with van der Waals surface area (Å²) in [5, 5.41) is 0. The summed E-state index contributed by atoms with van der Waals surface area (Å²) in [5.74, 6) is 5.74. The van der Waals surface area contributed by atoms with E-state index in [1.807, 2.05) is 0 Å². The molecule has 3 rings (SSSR count). The van der Waals surface area contributed by atoms with Gasteiger partial charge in [-0.05, 0) is 73.6 Å². The number of ether oxygens (including phenoxy) is 2. The molecule has 2 heteroatoms. The van der Waals surface area contributed by atoms with Crippen molar-refractivity contribution in [3.63, 3.8) is 0 Å². The van der Waals surface area contributed by atoms with Gasteiger partial charge in [-0.2, -0.15) is 0 Å². The summed E-state index contributed by atoms with van der Waals surface area (Å²) in [6, 6.07) is 8.27. The topological polar surface area (TPSA) is 18.5 Å². The summed E-state index contributed by atoms with van der Waals surface area (Å²) in [6.45, 7) is 6.41. The third-order valence-corrected chi connectivity index (χ3v) is 7.98. The Hall–Kier alpha value is -1.18. The van der Waals surface area contributed by atoms with Gasteiger partial charge in [-0.1, -0.05) is 78.1 Å². The standard InChI is InChI=1S/C28H46O2/c1-3-23-11-5-7-13-25(23)15-9-21-29-27-17-19-28(20-18-27)30-22-10-16-26-14-8-6-12-24(26)4-2/h17-20,23-26H,3-16,21-22H2,1-2H3. The average molecular weight is 415 g/mol. The fraction of sp³-hybridized carbons (Fsp3) is 0.786. The maximum atomic E-state index is 5.99. The van der Waals surface area contributed by atoms with Crippen molar-refractivity contribution in [2.75, 3.05) is 13.2 Å². The third-order valence-electron chi connectivity index (χ3n) is 7.98. The van der Waals surface area contributed by atoms with Crippen molar-refractivity contribution in [3.05, 3.63) is 24.3 Å². The second-order valence-electron chi connectivity index (χ2n) is 9.88. The summed E-state index contributed by atoms with van der Waals surface area (Å²) in [4.78, 5) is 0. The Morgan fingerprint density at radius 2 is 0.967 bits per heavy atom. The fourth-order valence-electron chi connectivity index (χ4n) is 6.11. The van der Waals surface area contributed by atoms with Crippen molar-refractivity contribution in [2.24, 2.45) is 23.7 Å². The van der Waals surface area contributed by atoms with Gasteiger partial charge in [0.05, 0.1) is 13.2 Å². The highest BCUT2D eigenvalue weighted by atomic mass is 16.5. The predicted molar refractivity (Wildman–Crippen MR) is 127 cm³/mol. The zero-order valence-corrected chi connectivity index (χ0v) is 19.7. The second-order valence-corrected chi connectivity index (χ2v) is 9.88. The molecule has 4 unspecified atom stereocenters. The molecule has 2 aliphatic rings. The Balaban J connectivity index is 1.28. The minimum Gasteiger partial charge on any atom is -0.494 e. The highest BCUT2D eigenvalue weighted by Crippen LogP contribution is 2.36. The Labute approximate surface area is 186 Å². The molecule has 0 aromatic heterocycles. The van der Waals surface area contributed by atoms with Crippen LogP contribution in [0.2, 0.25) is 0 Å². The minimum atomic E-state index is 0.840. The largest absolute Gasteiger partial charge is 0.494 e. The van der Waals surface area contributed by atoms with Gasteiger partial charge in [0.1, 0.15) is 11.5 Å². The lowest BCUT2D eigenvalue weighted by atomic mass is 9.76. The number of hydrogen-bond donors (Lipinski definition) is 0. The highest BCUT2D eigenvalue weighted by Gasteiger charge is 2.23. The number of hydrogen-bond acceptors (Lipinski definition) is 2. The molecule has 0 aliphatic heterocycles. The maximum absolute atomic E-state index is 5.99.